The van der Waals surface area contributed by atoms with Gasteiger partial charge in [0.2, 0.25) is 5.78 Å². The highest BCUT2D eigenvalue weighted by atomic mass is 15.1. The van der Waals surface area contributed by atoms with E-state index in [2.05, 4.69) is 27.4 Å². The van der Waals surface area contributed by atoms with E-state index in [4.69, 9.17) is 5.73 Å². The first-order valence-electron chi connectivity index (χ1n) is 4.73. The normalized spacial score (nSPS) is 11.1. The van der Waals surface area contributed by atoms with Crippen LogP contribution in [0, 0.1) is 13.8 Å². The van der Waals surface area contributed by atoms with Crippen molar-refractivity contribution in [2.45, 2.75) is 20.3 Å². The molecule has 2 heterocycles. The molecule has 74 valence electrons. The van der Waals surface area contributed by atoms with Crippen molar-refractivity contribution in [3.63, 3.8) is 0 Å². The van der Waals surface area contributed by atoms with E-state index >= 15 is 0 Å². The Labute approximate surface area is 82.8 Å². The minimum Gasteiger partial charge on any atom is -0.330 e. The van der Waals surface area contributed by atoms with Gasteiger partial charge in [0, 0.05) is 23.5 Å². The number of aryl methyl sites for hydroxylation is 2. The van der Waals surface area contributed by atoms with E-state index in [0.29, 0.717) is 6.54 Å². The monoisotopic (exact) mass is 190 g/mol. The maximum Gasteiger partial charge on any atom is 0.234 e. The fraction of sp³-hybridized carbons (Fsp3) is 0.400. The van der Waals surface area contributed by atoms with E-state index in [-0.39, 0.29) is 0 Å². The quantitative estimate of drug-likeness (QED) is 0.763. The zero-order valence-corrected chi connectivity index (χ0v) is 8.49. The minimum atomic E-state index is 0.640. The van der Waals surface area contributed by atoms with Crippen molar-refractivity contribution in [3.05, 3.63) is 29.3 Å². The molecule has 0 unspecified atom stereocenters. The average molecular weight is 190 g/mol. The Morgan fingerprint density at radius 3 is 2.93 bits per heavy atom. The molecule has 0 atom stereocenters. The van der Waals surface area contributed by atoms with Crippen LogP contribution in [0.25, 0.3) is 5.78 Å². The third-order valence-corrected chi connectivity index (χ3v) is 2.26. The molecule has 2 aromatic rings. The molecule has 4 nitrogen and oxygen atoms in total. The first-order chi connectivity index (χ1) is 6.72. The van der Waals surface area contributed by atoms with Gasteiger partial charge in [0.15, 0.2) is 0 Å². The first kappa shape index (κ1) is 9.15. The van der Waals surface area contributed by atoms with Crippen LogP contribution in [0.3, 0.4) is 0 Å². The molecular formula is C10H14N4. The second kappa shape index (κ2) is 3.38. The maximum atomic E-state index is 5.53. The molecular weight excluding hydrogens is 176 g/mol. The Bertz CT molecular complexity index is 458. The van der Waals surface area contributed by atoms with Gasteiger partial charge in [-0.15, -0.1) is 0 Å². The van der Waals surface area contributed by atoms with Gasteiger partial charge in [-0.2, -0.15) is 0 Å². The Kier molecular flexibility index (Phi) is 2.21. The minimum absolute atomic E-state index is 0.640. The van der Waals surface area contributed by atoms with Crippen molar-refractivity contribution in [3.8, 4) is 0 Å². The fourth-order valence-corrected chi connectivity index (χ4v) is 1.72. The van der Waals surface area contributed by atoms with Crippen molar-refractivity contribution >= 4 is 5.78 Å². The van der Waals surface area contributed by atoms with Crippen LogP contribution < -0.4 is 5.73 Å². The van der Waals surface area contributed by atoms with Crippen LogP contribution >= 0.6 is 0 Å². The molecule has 2 N–H and O–H groups in total. The first-order valence-corrected chi connectivity index (χ1v) is 4.73. The van der Waals surface area contributed by atoms with Gasteiger partial charge in [-0.3, -0.25) is 4.40 Å². The maximum absolute atomic E-state index is 5.53. The summed E-state index contributed by atoms with van der Waals surface area (Å²) in [6.45, 7) is 4.68. The number of nitrogens with two attached hydrogens (primary N) is 1. The third kappa shape index (κ3) is 1.37. The van der Waals surface area contributed by atoms with Crippen LogP contribution in [0.15, 0.2) is 12.3 Å². The van der Waals surface area contributed by atoms with Crippen molar-refractivity contribution in [1.82, 2.24) is 14.4 Å². The van der Waals surface area contributed by atoms with Crippen LogP contribution in [0.5, 0.6) is 0 Å². The van der Waals surface area contributed by atoms with E-state index < -0.39 is 0 Å². The predicted molar refractivity (Wildman–Crippen MR) is 55.2 cm³/mol. The highest BCUT2D eigenvalue weighted by molar-refractivity contribution is 5.35. The largest absolute Gasteiger partial charge is 0.330 e. The highest BCUT2D eigenvalue weighted by Crippen LogP contribution is 2.10. The Morgan fingerprint density at radius 1 is 1.43 bits per heavy atom. The van der Waals surface area contributed by atoms with Crippen molar-refractivity contribution in [1.29, 1.82) is 0 Å². The molecule has 2 aromatic heterocycles. The summed E-state index contributed by atoms with van der Waals surface area (Å²) in [6, 6.07) is 2.05. The molecule has 14 heavy (non-hydrogen) atoms. The van der Waals surface area contributed by atoms with Gasteiger partial charge < -0.3 is 5.73 Å². The standard InChI is InChI=1S/C10H14N4/c1-7-5-8(2)14-9(3-4-11)6-12-10(14)13-7/h5-6H,3-4,11H2,1-2H3. The number of aromatic nitrogens is 3. The number of nitrogens with zero attached hydrogens (tertiary/aromatic N) is 3. The average Bonchev–Trinajstić information content (AvgIpc) is 2.49. The molecule has 0 fully saturated rings. The van der Waals surface area contributed by atoms with Gasteiger partial charge in [0.25, 0.3) is 0 Å². The number of hydrogen-bond donors (Lipinski definition) is 1. The van der Waals surface area contributed by atoms with Gasteiger partial charge in [-0.1, -0.05) is 0 Å². The molecule has 0 saturated heterocycles. The van der Waals surface area contributed by atoms with Gasteiger partial charge in [-0.25, -0.2) is 9.97 Å². The molecule has 2 rings (SSSR count). The lowest BCUT2D eigenvalue weighted by Crippen LogP contribution is -2.07. The summed E-state index contributed by atoms with van der Waals surface area (Å²) in [6.07, 6.45) is 2.69. The molecule has 0 aliphatic carbocycles. The number of rotatable bonds is 2. The van der Waals surface area contributed by atoms with Gasteiger partial charge in [-0.05, 0) is 26.5 Å². The predicted octanol–water partition coefficient (Wildman–Crippen LogP) is 0.847. The van der Waals surface area contributed by atoms with Crippen LogP contribution in [0.4, 0.5) is 0 Å². The fourth-order valence-electron chi connectivity index (χ4n) is 1.72. The lowest BCUT2D eigenvalue weighted by molar-refractivity contribution is 0.877. The lowest BCUT2D eigenvalue weighted by atomic mass is 10.3. The zero-order chi connectivity index (χ0) is 10.1. The second-order valence-electron chi connectivity index (χ2n) is 3.46. The number of imidazole rings is 1. The van der Waals surface area contributed by atoms with Gasteiger partial charge in [0.1, 0.15) is 0 Å². The summed E-state index contributed by atoms with van der Waals surface area (Å²) in [7, 11) is 0. The van der Waals surface area contributed by atoms with Crippen LogP contribution in [0.2, 0.25) is 0 Å². The van der Waals surface area contributed by atoms with E-state index in [1.54, 1.807) is 0 Å². The van der Waals surface area contributed by atoms with E-state index in [0.717, 1.165) is 29.3 Å². The summed E-state index contributed by atoms with van der Waals surface area (Å²) in [5.41, 5.74) is 8.82. The molecule has 0 bridgehead atoms. The SMILES string of the molecule is Cc1cc(C)n2c(CCN)cnc2n1. The Balaban J connectivity index is 2.66. The summed E-state index contributed by atoms with van der Waals surface area (Å²) in [5.74, 6) is 0.769. The van der Waals surface area contributed by atoms with Crippen molar-refractivity contribution in [2.24, 2.45) is 5.73 Å². The molecule has 4 heteroatoms. The molecule has 0 radical (unpaired) electrons. The summed E-state index contributed by atoms with van der Waals surface area (Å²) in [5, 5.41) is 0. The molecule has 0 saturated carbocycles. The smallest absolute Gasteiger partial charge is 0.234 e. The number of hydrogen-bond acceptors (Lipinski definition) is 3. The Hall–Kier alpha value is -1.42. The summed E-state index contributed by atoms with van der Waals surface area (Å²) in [4.78, 5) is 8.61. The topological polar surface area (TPSA) is 56.2 Å². The third-order valence-electron chi connectivity index (χ3n) is 2.26. The van der Waals surface area contributed by atoms with Crippen LogP contribution in [-0.4, -0.2) is 20.9 Å². The second-order valence-corrected chi connectivity index (χ2v) is 3.46. The summed E-state index contributed by atoms with van der Waals surface area (Å²) >= 11 is 0. The Morgan fingerprint density at radius 2 is 2.21 bits per heavy atom. The van der Waals surface area contributed by atoms with Crippen molar-refractivity contribution < 1.29 is 0 Å². The van der Waals surface area contributed by atoms with Gasteiger partial charge >= 0.3 is 0 Å². The van der Waals surface area contributed by atoms with Crippen LogP contribution in [0.1, 0.15) is 17.1 Å². The molecule has 0 amide bonds. The summed E-state index contributed by atoms with van der Waals surface area (Å²) < 4.78 is 2.06. The molecule has 0 aliphatic heterocycles. The van der Waals surface area contributed by atoms with E-state index in [1.807, 2.05) is 13.1 Å². The molecule has 0 spiro atoms. The molecule has 0 aliphatic rings. The van der Waals surface area contributed by atoms with Crippen molar-refractivity contribution in [2.75, 3.05) is 6.54 Å². The van der Waals surface area contributed by atoms with E-state index in [9.17, 15) is 0 Å². The molecule has 0 aromatic carbocycles. The number of fused-ring (bicyclic) bond motifs is 1. The van der Waals surface area contributed by atoms with Crippen LogP contribution in [-0.2, 0) is 6.42 Å². The van der Waals surface area contributed by atoms with E-state index in [1.165, 1.54) is 0 Å². The zero-order valence-electron chi connectivity index (χ0n) is 8.49. The lowest BCUT2D eigenvalue weighted by Gasteiger charge is -2.04. The van der Waals surface area contributed by atoms with Gasteiger partial charge in [0.05, 0.1) is 6.20 Å². The highest BCUT2D eigenvalue weighted by Gasteiger charge is 2.06.